The van der Waals surface area contributed by atoms with Crippen molar-refractivity contribution >= 4 is 11.9 Å². The quantitative estimate of drug-likeness (QED) is 0.680. The second-order valence-corrected chi connectivity index (χ2v) is 4.35. The van der Waals surface area contributed by atoms with E-state index in [1.807, 2.05) is 0 Å². The van der Waals surface area contributed by atoms with E-state index < -0.39 is 17.0 Å². The normalized spacial score (nSPS) is 33.9. The Kier molecular flexibility index (Phi) is 1.84. The molecule has 4 heteroatoms. The van der Waals surface area contributed by atoms with E-state index >= 15 is 0 Å². The Labute approximate surface area is 82.2 Å². The van der Waals surface area contributed by atoms with E-state index in [-0.39, 0.29) is 5.97 Å². The molecule has 0 aromatic carbocycles. The van der Waals surface area contributed by atoms with Gasteiger partial charge in [0.15, 0.2) is 0 Å². The molecule has 0 bridgehead atoms. The molecular formula is C10H14O4. The van der Waals surface area contributed by atoms with Crippen LogP contribution in [0.1, 0.15) is 39.0 Å². The number of cyclic esters (lactones) is 1. The summed E-state index contributed by atoms with van der Waals surface area (Å²) in [6, 6.07) is 0. The van der Waals surface area contributed by atoms with Crippen LogP contribution < -0.4 is 0 Å². The Morgan fingerprint density at radius 1 is 1.57 bits per heavy atom. The van der Waals surface area contributed by atoms with Gasteiger partial charge in [0, 0.05) is 6.42 Å². The first-order valence-electron chi connectivity index (χ1n) is 5.01. The summed E-state index contributed by atoms with van der Waals surface area (Å²) in [6.45, 7) is 1.75. The maximum absolute atomic E-state index is 11.6. The molecular weight excluding hydrogens is 184 g/mol. The first-order valence-corrected chi connectivity index (χ1v) is 5.01. The van der Waals surface area contributed by atoms with Crippen LogP contribution in [0.3, 0.4) is 0 Å². The zero-order valence-electron chi connectivity index (χ0n) is 8.21. The van der Waals surface area contributed by atoms with Gasteiger partial charge in [0.1, 0.15) is 0 Å². The number of rotatable bonds is 2. The Hall–Kier alpha value is -1.06. The zero-order chi connectivity index (χ0) is 10.4. The summed E-state index contributed by atoms with van der Waals surface area (Å²) in [6.07, 6.45) is 3.32. The van der Waals surface area contributed by atoms with Gasteiger partial charge in [-0.2, -0.15) is 0 Å². The fraction of sp³-hybridized carbons (Fsp3) is 0.800. The van der Waals surface area contributed by atoms with Gasteiger partial charge in [0.25, 0.3) is 0 Å². The molecule has 2 aliphatic rings. The van der Waals surface area contributed by atoms with E-state index in [2.05, 4.69) is 0 Å². The lowest BCUT2D eigenvalue weighted by Crippen LogP contribution is -2.39. The van der Waals surface area contributed by atoms with Gasteiger partial charge in [-0.1, -0.05) is 13.3 Å². The molecule has 1 atom stereocenters. The zero-order valence-corrected chi connectivity index (χ0v) is 8.21. The number of hydrogen-bond donors (Lipinski definition) is 1. The monoisotopic (exact) mass is 198 g/mol. The molecule has 2 fully saturated rings. The summed E-state index contributed by atoms with van der Waals surface area (Å²) in [5, 5.41) is 9.06. The number of aliphatic carboxylic acids is 1. The number of carboxylic acids is 1. The number of carbonyl (C=O) groups excluding carboxylic acids is 1. The third kappa shape index (κ3) is 0.996. The van der Waals surface area contributed by atoms with Crippen molar-refractivity contribution in [1.29, 1.82) is 0 Å². The molecule has 0 radical (unpaired) electrons. The van der Waals surface area contributed by atoms with Crippen molar-refractivity contribution in [2.24, 2.45) is 5.41 Å². The van der Waals surface area contributed by atoms with Crippen LogP contribution in [0.4, 0.5) is 0 Å². The molecule has 1 unspecified atom stereocenters. The number of carboxylic acid groups (broad SMARTS) is 1. The van der Waals surface area contributed by atoms with Crippen LogP contribution in [-0.4, -0.2) is 22.6 Å². The minimum absolute atomic E-state index is 0.298. The molecule has 0 aromatic rings. The highest BCUT2D eigenvalue weighted by Gasteiger charge is 2.61. The SMILES string of the molecule is CCC1(C(=O)O)CC2(CCC2)C(=O)O1. The van der Waals surface area contributed by atoms with Crippen LogP contribution in [0.25, 0.3) is 0 Å². The van der Waals surface area contributed by atoms with Crippen molar-refractivity contribution in [3.8, 4) is 0 Å². The molecule has 0 aromatic heterocycles. The minimum atomic E-state index is -1.24. The second-order valence-electron chi connectivity index (χ2n) is 4.35. The number of carbonyl (C=O) groups is 2. The maximum atomic E-state index is 11.6. The van der Waals surface area contributed by atoms with Crippen LogP contribution >= 0.6 is 0 Å². The first kappa shape index (κ1) is 9.49. The maximum Gasteiger partial charge on any atom is 0.348 e. The van der Waals surface area contributed by atoms with Crippen LogP contribution in [0.2, 0.25) is 0 Å². The van der Waals surface area contributed by atoms with Gasteiger partial charge in [-0.25, -0.2) is 4.79 Å². The Morgan fingerprint density at radius 3 is 2.43 bits per heavy atom. The summed E-state index contributed by atoms with van der Waals surface area (Å²) < 4.78 is 5.08. The third-order valence-electron chi connectivity index (χ3n) is 3.62. The van der Waals surface area contributed by atoms with Crippen molar-refractivity contribution in [3.05, 3.63) is 0 Å². The molecule has 1 N–H and O–H groups in total. The van der Waals surface area contributed by atoms with Gasteiger partial charge in [0.2, 0.25) is 5.60 Å². The second kappa shape index (κ2) is 2.72. The van der Waals surface area contributed by atoms with E-state index in [0.29, 0.717) is 12.8 Å². The molecule has 1 spiro atoms. The molecule has 78 valence electrons. The van der Waals surface area contributed by atoms with Crippen LogP contribution in [0.15, 0.2) is 0 Å². The van der Waals surface area contributed by atoms with E-state index in [0.717, 1.165) is 19.3 Å². The summed E-state index contributed by atoms with van der Waals surface area (Å²) in [7, 11) is 0. The fourth-order valence-electron chi connectivity index (χ4n) is 2.39. The predicted molar refractivity (Wildman–Crippen MR) is 47.7 cm³/mol. The van der Waals surface area contributed by atoms with Gasteiger partial charge in [-0.15, -0.1) is 0 Å². The van der Waals surface area contributed by atoms with Gasteiger partial charge in [0.05, 0.1) is 5.41 Å². The number of ether oxygens (including phenoxy) is 1. The van der Waals surface area contributed by atoms with E-state index in [4.69, 9.17) is 9.84 Å². The topological polar surface area (TPSA) is 63.6 Å². The first-order chi connectivity index (χ1) is 6.55. The van der Waals surface area contributed by atoms with Gasteiger partial charge in [-0.3, -0.25) is 4.79 Å². The van der Waals surface area contributed by atoms with Gasteiger partial charge in [-0.05, 0) is 19.3 Å². The smallest absolute Gasteiger partial charge is 0.348 e. The van der Waals surface area contributed by atoms with Crippen molar-refractivity contribution in [1.82, 2.24) is 0 Å². The van der Waals surface area contributed by atoms with Crippen molar-refractivity contribution in [3.63, 3.8) is 0 Å². The highest BCUT2D eigenvalue weighted by molar-refractivity contribution is 5.89. The molecule has 1 heterocycles. The Bertz CT molecular complexity index is 292. The van der Waals surface area contributed by atoms with Crippen molar-refractivity contribution in [2.45, 2.75) is 44.6 Å². The average Bonchev–Trinajstić information content (AvgIpc) is 2.39. The van der Waals surface area contributed by atoms with Crippen molar-refractivity contribution < 1.29 is 19.4 Å². The van der Waals surface area contributed by atoms with Crippen LogP contribution in [0, 0.1) is 5.41 Å². The van der Waals surface area contributed by atoms with E-state index in [9.17, 15) is 9.59 Å². The average molecular weight is 198 g/mol. The molecule has 4 nitrogen and oxygen atoms in total. The lowest BCUT2D eigenvalue weighted by molar-refractivity contribution is -0.171. The fourth-order valence-corrected chi connectivity index (χ4v) is 2.39. The highest BCUT2D eigenvalue weighted by Crippen LogP contribution is 2.54. The molecule has 1 saturated heterocycles. The lowest BCUT2D eigenvalue weighted by Gasteiger charge is -2.34. The molecule has 1 aliphatic carbocycles. The number of hydrogen-bond acceptors (Lipinski definition) is 3. The van der Waals surface area contributed by atoms with Gasteiger partial charge >= 0.3 is 11.9 Å². The van der Waals surface area contributed by atoms with Crippen molar-refractivity contribution in [2.75, 3.05) is 0 Å². The highest BCUT2D eigenvalue weighted by atomic mass is 16.6. The standard InChI is InChI=1S/C10H14O4/c1-2-10(7(11)12)6-9(4-3-5-9)8(13)14-10/h2-6H2,1H3,(H,11,12). The Balaban J connectivity index is 2.26. The van der Waals surface area contributed by atoms with Crippen LogP contribution in [-0.2, 0) is 14.3 Å². The predicted octanol–water partition coefficient (Wildman–Crippen LogP) is 1.34. The molecule has 0 amide bonds. The number of esters is 1. The molecule has 1 aliphatic heterocycles. The molecule has 1 saturated carbocycles. The third-order valence-corrected chi connectivity index (χ3v) is 3.62. The molecule has 2 rings (SSSR count). The Morgan fingerprint density at radius 2 is 2.21 bits per heavy atom. The summed E-state index contributed by atoms with van der Waals surface area (Å²) in [5.41, 5.74) is -1.69. The van der Waals surface area contributed by atoms with E-state index in [1.165, 1.54) is 0 Å². The summed E-state index contributed by atoms with van der Waals surface area (Å²) >= 11 is 0. The van der Waals surface area contributed by atoms with Crippen LogP contribution in [0.5, 0.6) is 0 Å². The van der Waals surface area contributed by atoms with E-state index in [1.54, 1.807) is 6.92 Å². The summed E-state index contributed by atoms with van der Waals surface area (Å²) in [4.78, 5) is 22.6. The molecule has 14 heavy (non-hydrogen) atoms. The minimum Gasteiger partial charge on any atom is -0.478 e. The van der Waals surface area contributed by atoms with Gasteiger partial charge < -0.3 is 9.84 Å². The lowest BCUT2D eigenvalue weighted by atomic mass is 9.65. The summed E-state index contributed by atoms with van der Waals surface area (Å²) in [5.74, 6) is -1.30. The largest absolute Gasteiger partial charge is 0.478 e.